The minimum Gasteiger partial charge on any atom is -0.306 e. The minimum absolute atomic E-state index is 0.0518. The van der Waals surface area contributed by atoms with Crippen molar-refractivity contribution >= 4 is 31.6 Å². The molecule has 6 nitrogen and oxygen atoms in total. The van der Waals surface area contributed by atoms with Gasteiger partial charge in [0.15, 0.2) is 0 Å². The van der Waals surface area contributed by atoms with Gasteiger partial charge in [0.2, 0.25) is 10.0 Å². The van der Waals surface area contributed by atoms with E-state index in [-0.39, 0.29) is 16.5 Å². The van der Waals surface area contributed by atoms with Crippen LogP contribution in [0.25, 0.3) is 32.7 Å². The molecule has 0 radical (unpaired) electrons. The van der Waals surface area contributed by atoms with Crippen LogP contribution >= 0.6 is 11.3 Å². The quantitative estimate of drug-likeness (QED) is 0.492. The van der Waals surface area contributed by atoms with Gasteiger partial charge in [-0.05, 0) is 49.6 Å². The minimum atomic E-state index is -3.51. The fraction of sp³-hybridized carbons (Fsp3) is 0.182. The molecule has 1 fully saturated rings. The second-order valence-corrected chi connectivity index (χ2v) is 10.3. The molecule has 2 aromatic heterocycles. The summed E-state index contributed by atoms with van der Waals surface area (Å²) < 4.78 is 27.4. The molecule has 30 heavy (non-hydrogen) atoms. The lowest BCUT2D eigenvalue weighted by Crippen LogP contribution is -2.25. The second kappa shape index (κ2) is 7.16. The Balaban J connectivity index is 1.55. The fourth-order valence-corrected chi connectivity index (χ4v) is 5.84. The summed E-state index contributed by atoms with van der Waals surface area (Å²) in [5, 5.41) is 0.584. The van der Waals surface area contributed by atoms with Gasteiger partial charge in [-0.15, -0.1) is 11.3 Å². The van der Waals surface area contributed by atoms with Gasteiger partial charge in [-0.25, -0.2) is 18.1 Å². The molecule has 8 heteroatoms. The highest BCUT2D eigenvalue weighted by atomic mass is 32.2. The van der Waals surface area contributed by atoms with E-state index >= 15 is 0 Å². The first-order valence-corrected chi connectivity index (χ1v) is 11.9. The van der Waals surface area contributed by atoms with Crippen LogP contribution in [0, 0.1) is 6.92 Å². The molecule has 4 aromatic rings. The Labute approximate surface area is 177 Å². The SMILES string of the molecule is Cc1sc2nc(-c3ccc(S(=O)(=O)NC4CC4)cc3)[nH]c(=O)c2c1-c1ccccc1. The zero-order valence-corrected chi connectivity index (χ0v) is 17.8. The molecule has 2 heterocycles. The fourth-order valence-electron chi connectivity index (χ4n) is 3.49. The molecule has 1 saturated carbocycles. The van der Waals surface area contributed by atoms with Gasteiger partial charge in [0.1, 0.15) is 10.7 Å². The maximum Gasteiger partial charge on any atom is 0.260 e. The van der Waals surface area contributed by atoms with Crippen molar-refractivity contribution in [1.29, 1.82) is 0 Å². The Morgan fingerprint density at radius 1 is 1.03 bits per heavy atom. The van der Waals surface area contributed by atoms with Crippen LogP contribution in [0.4, 0.5) is 0 Å². The molecular formula is C22H19N3O3S2. The van der Waals surface area contributed by atoms with Crippen LogP contribution in [0.1, 0.15) is 17.7 Å². The van der Waals surface area contributed by atoms with Crippen LogP contribution in [0.5, 0.6) is 0 Å². The molecule has 0 atom stereocenters. The van der Waals surface area contributed by atoms with Gasteiger partial charge in [-0.2, -0.15) is 0 Å². The lowest BCUT2D eigenvalue weighted by molar-refractivity contribution is 0.581. The van der Waals surface area contributed by atoms with E-state index in [1.807, 2.05) is 37.3 Å². The number of aromatic nitrogens is 2. The number of fused-ring (bicyclic) bond motifs is 1. The van der Waals surface area contributed by atoms with Crippen LogP contribution in [0.3, 0.4) is 0 Å². The number of hydrogen-bond donors (Lipinski definition) is 2. The summed E-state index contributed by atoms with van der Waals surface area (Å²) in [7, 11) is -3.51. The van der Waals surface area contributed by atoms with Crippen molar-refractivity contribution in [2.75, 3.05) is 0 Å². The number of aryl methyl sites for hydroxylation is 1. The Kier molecular flexibility index (Phi) is 4.57. The molecule has 0 saturated heterocycles. The largest absolute Gasteiger partial charge is 0.306 e. The summed E-state index contributed by atoms with van der Waals surface area (Å²) in [5.74, 6) is 0.424. The Hall–Kier alpha value is -2.81. The number of aromatic amines is 1. The zero-order chi connectivity index (χ0) is 20.9. The second-order valence-electron chi connectivity index (χ2n) is 7.41. The smallest absolute Gasteiger partial charge is 0.260 e. The Morgan fingerprint density at radius 3 is 2.40 bits per heavy atom. The van der Waals surface area contributed by atoms with Gasteiger partial charge in [0, 0.05) is 22.0 Å². The molecule has 0 spiro atoms. The van der Waals surface area contributed by atoms with Gasteiger partial charge >= 0.3 is 0 Å². The van der Waals surface area contributed by atoms with Crippen molar-refractivity contribution < 1.29 is 8.42 Å². The van der Waals surface area contributed by atoms with Crippen molar-refractivity contribution in [3.63, 3.8) is 0 Å². The topological polar surface area (TPSA) is 91.9 Å². The summed E-state index contributed by atoms with van der Waals surface area (Å²) in [5.41, 5.74) is 2.35. The third kappa shape index (κ3) is 3.47. The first-order chi connectivity index (χ1) is 14.4. The number of nitrogens with zero attached hydrogens (tertiary/aromatic N) is 1. The number of benzene rings is 2. The van der Waals surface area contributed by atoms with Crippen molar-refractivity contribution in [2.24, 2.45) is 0 Å². The molecule has 0 aliphatic heterocycles. The summed E-state index contributed by atoms with van der Waals surface area (Å²) in [4.78, 5) is 22.4. The normalized spacial score (nSPS) is 14.3. The molecule has 1 aliphatic carbocycles. The molecule has 5 rings (SSSR count). The summed E-state index contributed by atoms with van der Waals surface area (Å²) in [6, 6.07) is 16.3. The van der Waals surface area contributed by atoms with E-state index in [0.29, 0.717) is 21.6 Å². The summed E-state index contributed by atoms with van der Waals surface area (Å²) in [6.45, 7) is 1.99. The third-order valence-electron chi connectivity index (χ3n) is 5.14. The molecule has 152 valence electrons. The van der Waals surface area contributed by atoms with Gasteiger partial charge in [-0.3, -0.25) is 4.79 Å². The average Bonchev–Trinajstić information content (AvgIpc) is 3.47. The molecule has 0 amide bonds. The van der Waals surface area contributed by atoms with Crippen LogP contribution in [-0.2, 0) is 10.0 Å². The van der Waals surface area contributed by atoms with Gasteiger partial charge in [-0.1, -0.05) is 30.3 Å². The van der Waals surface area contributed by atoms with Crippen molar-refractivity contribution in [2.45, 2.75) is 30.7 Å². The predicted octanol–water partition coefficient (Wildman–Crippen LogP) is 4.07. The highest BCUT2D eigenvalue weighted by molar-refractivity contribution is 7.89. The maximum absolute atomic E-state index is 12.9. The summed E-state index contributed by atoms with van der Waals surface area (Å²) in [6.07, 6.45) is 1.77. The Morgan fingerprint density at radius 2 is 1.73 bits per heavy atom. The molecule has 1 aliphatic rings. The number of thiophene rings is 1. The van der Waals surface area contributed by atoms with Gasteiger partial charge < -0.3 is 4.98 Å². The van der Waals surface area contributed by atoms with E-state index in [2.05, 4.69) is 14.7 Å². The first-order valence-electron chi connectivity index (χ1n) is 9.64. The van der Waals surface area contributed by atoms with Crippen LogP contribution < -0.4 is 10.3 Å². The van der Waals surface area contributed by atoms with E-state index in [1.54, 1.807) is 24.3 Å². The molecule has 0 unspecified atom stereocenters. The zero-order valence-electron chi connectivity index (χ0n) is 16.2. The van der Waals surface area contributed by atoms with E-state index in [4.69, 9.17) is 0 Å². The molecule has 0 bridgehead atoms. The lowest BCUT2D eigenvalue weighted by Gasteiger charge is -2.07. The van der Waals surface area contributed by atoms with Crippen molar-refractivity contribution in [3.05, 3.63) is 69.8 Å². The molecular weight excluding hydrogens is 418 g/mol. The Bertz CT molecular complexity index is 1400. The molecule has 2 aromatic carbocycles. The third-order valence-corrected chi connectivity index (χ3v) is 7.67. The highest BCUT2D eigenvalue weighted by Crippen LogP contribution is 2.36. The van der Waals surface area contributed by atoms with Crippen LogP contribution in [0.2, 0.25) is 0 Å². The predicted molar refractivity (Wildman–Crippen MR) is 119 cm³/mol. The van der Waals surface area contributed by atoms with Crippen LogP contribution in [0.15, 0.2) is 64.3 Å². The monoisotopic (exact) mass is 437 g/mol. The van der Waals surface area contributed by atoms with E-state index in [0.717, 1.165) is 28.8 Å². The van der Waals surface area contributed by atoms with Gasteiger partial charge in [0.05, 0.1) is 10.3 Å². The number of rotatable bonds is 5. The number of H-pyrrole nitrogens is 1. The first kappa shape index (κ1) is 19.2. The van der Waals surface area contributed by atoms with Crippen molar-refractivity contribution in [1.82, 2.24) is 14.7 Å². The van der Waals surface area contributed by atoms with E-state index in [1.165, 1.54) is 11.3 Å². The number of hydrogen-bond acceptors (Lipinski definition) is 5. The maximum atomic E-state index is 12.9. The lowest BCUT2D eigenvalue weighted by atomic mass is 10.0. The molecule has 2 N–H and O–H groups in total. The summed E-state index contributed by atoms with van der Waals surface area (Å²) >= 11 is 1.48. The number of nitrogens with one attached hydrogen (secondary N) is 2. The van der Waals surface area contributed by atoms with E-state index < -0.39 is 10.0 Å². The van der Waals surface area contributed by atoms with Crippen LogP contribution in [-0.4, -0.2) is 24.4 Å². The van der Waals surface area contributed by atoms with E-state index in [9.17, 15) is 13.2 Å². The van der Waals surface area contributed by atoms with Gasteiger partial charge in [0.25, 0.3) is 5.56 Å². The standard InChI is InChI=1S/C22H19N3O3S2/c1-13-18(14-5-3-2-4-6-14)19-21(26)23-20(24-22(19)29-13)15-7-11-17(12-8-15)30(27,28)25-16-9-10-16/h2-8,11-12,16,25H,9-10H2,1H3,(H,23,24,26). The van der Waals surface area contributed by atoms with Crippen molar-refractivity contribution in [3.8, 4) is 22.5 Å². The number of sulfonamides is 1. The highest BCUT2D eigenvalue weighted by Gasteiger charge is 2.28. The average molecular weight is 438 g/mol.